The summed E-state index contributed by atoms with van der Waals surface area (Å²) in [5, 5.41) is 0. The molecule has 21 heavy (non-hydrogen) atoms. The summed E-state index contributed by atoms with van der Waals surface area (Å²) >= 11 is 0. The fourth-order valence-corrected chi connectivity index (χ4v) is 3.73. The van der Waals surface area contributed by atoms with Crippen molar-refractivity contribution in [1.82, 2.24) is 14.2 Å². The van der Waals surface area contributed by atoms with Gasteiger partial charge in [0.2, 0.25) is 10.0 Å². The molecule has 0 saturated carbocycles. The maximum atomic E-state index is 12.3. The van der Waals surface area contributed by atoms with Gasteiger partial charge in [0.1, 0.15) is 0 Å². The Hall–Kier alpha value is -1.18. The van der Waals surface area contributed by atoms with Crippen LogP contribution in [-0.4, -0.2) is 66.9 Å². The van der Waals surface area contributed by atoms with Crippen molar-refractivity contribution in [1.29, 1.82) is 0 Å². The van der Waals surface area contributed by atoms with E-state index in [1.807, 2.05) is 24.8 Å². The summed E-state index contributed by atoms with van der Waals surface area (Å²) in [7, 11) is -3.11. The zero-order chi connectivity index (χ0) is 15.6. The Morgan fingerprint density at radius 3 is 2.33 bits per heavy atom. The molecular weight excluding hydrogens is 290 g/mol. The van der Waals surface area contributed by atoms with Crippen LogP contribution in [0.15, 0.2) is 6.07 Å². The third kappa shape index (κ3) is 3.72. The Morgan fingerprint density at radius 1 is 1.24 bits per heavy atom. The highest BCUT2D eigenvalue weighted by atomic mass is 32.2. The lowest BCUT2D eigenvalue weighted by Gasteiger charge is -2.33. The van der Waals surface area contributed by atoms with Crippen LogP contribution in [0.5, 0.6) is 0 Å². The fraction of sp³-hybridized carbons (Fsp3) is 0.643. The second-order valence-electron chi connectivity index (χ2n) is 5.49. The summed E-state index contributed by atoms with van der Waals surface area (Å²) in [6.45, 7) is 7.97. The van der Waals surface area contributed by atoms with Crippen LogP contribution in [0.4, 0.5) is 0 Å². The van der Waals surface area contributed by atoms with Crippen LogP contribution >= 0.6 is 0 Å². The minimum Gasteiger partial charge on any atom is -0.362 e. The molecule has 2 rings (SSSR count). The van der Waals surface area contributed by atoms with Gasteiger partial charge in [-0.3, -0.25) is 9.69 Å². The lowest BCUT2D eigenvalue weighted by molar-refractivity contribution is 0.0901. The van der Waals surface area contributed by atoms with E-state index in [4.69, 9.17) is 0 Å². The highest BCUT2D eigenvalue weighted by molar-refractivity contribution is 7.89. The number of nitrogens with zero attached hydrogens (tertiary/aromatic N) is 2. The van der Waals surface area contributed by atoms with Gasteiger partial charge >= 0.3 is 0 Å². The highest BCUT2D eigenvalue weighted by Gasteiger charge is 2.26. The molecule has 0 atom stereocenters. The van der Waals surface area contributed by atoms with Crippen molar-refractivity contribution in [2.24, 2.45) is 0 Å². The average molecular weight is 313 g/mol. The van der Waals surface area contributed by atoms with Crippen molar-refractivity contribution in [3.8, 4) is 0 Å². The van der Waals surface area contributed by atoms with Gasteiger partial charge in [-0.1, -0.05) is 0 Å². The minimum atomic E-state index is -3.11. The maximum Gasteiger partial charge on any atom is 0.213 e. The minimum absolute atomic E-state index is 0.0867. The number of carbonyl (C=O) groups is 1. The van der Waals surface area contributed by atoms with Crippen molar-refractivity contribution < 1.29 is 13.2 Å². The Kier molecular flexibility index (Phi) is 4.85. The zero-order valence-electron chi connectivity index (χ0n) is 12.8. The van der Waals surface area contributed by atoms with Gasteiger partial charge in [0.15, 0.2) is 5.78 Å². The second kappa shape index (κ2) is 6.29. The van der Waals surface area contributed by atoms with Crippen LogP contribution in [0, 0.1) is 13.8 Å². The predicted molar refractivity (Wildman–Crippen MR) is 82.1 cm³/mol. The first-order valence-electron chi connectivity index (χ1n) is 7.23. The van der Waals surface area contributed by atoms with Gasteiger partial charge in [0.25, 0.3) is 0 Å². The lowest BCUT2D eigenvalue weighted by atomic mass is 10.1. The number of piperazine rings is 1. The number of carbonyl (C=O) groups excluding carboxylic acids is 1. The first kappa shape index (κ1) is 16.2. The van der Waals surface area contributed by atoms with Crippen molar-refractivity contribution >= 4 is 15.8 Å². The van der Waals surface area contributed by atoms with Crippen LogP contribution in [0.2, 0.25) is 0 Å². The largest absolute Gasteiger partial charge is 0.362 e. The van der Waals surface area contributed by atoms with Gasteiger partial charge in [-0.25, -0.2) is 8.42 Å². The Balaban J connectivity index is 1.92. The van der Waals surface area contributed by atoms with Crippen LogP contribution < -0.4 is 0 Å². The van der Waals surface area contributed by atoms with Crippen LogP contribution in [0.3, 0.4) is 0 Å². The lowest BCUT2D eigenvalue weighted by Crippen LogP contribution is -2.50. The smallest absolute Gasteiger partial charge is 0.213 e. The number of aromatic nitrogens is 1. The van der Waals surface area contributed by atoms with E-state index in [1.165, 1.54) is 4.31 Å². The first-order chi connectivity index (χ1) is 9.83. The summed E-state index contributed by atoms with van der Waals surface area (Å²) in [5.74, 6) is 0.219. The average Bonchev–Trinajstić information content (AvgIpc) is 2.78. The number of hydrogen-bond acceptors (Lipinski definition) is 4. The molecule has 118 valence electrons. The third-order valence-corrected chi connectivity index (χ3v) is 5.79. The van der Waals surface area contributed by atoms with Gasteiger partial charge in [-0.05, 0) is 26.8 Å². The number of hydrogen-bond donors (Lipinski definition) is 1. The molecule has 0 unspecified atom stereocenters. The number of ketones is 1. The third-order valence-electron chi connectivity index (χ3n) is 3.91. The van der Waals surface area contributed by atoms with Crippen LogP contribution in [-0.2, 0) is 10.0 Å². The molecule has 1 N–H and O–H groups in total. The molecule has 1 aliphatic heterocycles. The van der Waals surface area contributed by atoms with Gasteiger partial charge in [0, 0.05) is 43.1 Å². The summed E-state index contributed by atoms with van der Waals surface area (Å²) in [6, 6.07) is 1.87. The van der Waals surface area contributed by atoms with Crippen molar-refractivity contribution in [2.75, 3.05) is 38.5 Å². The Labute approximate surface area is 126 Å². The van der Waals surface area contributed by atoms with E-state index in [9.17, 15) is 13.2 Å². The quantitative estimate of drug-likeness (QED) is 0.815. The number of Topliss-reactive ketones (excluding diaryl/α,β-unsaturated/α-hetero) is 1. The molecule has 2 heterocycles. The van der Waals surface area contributed by atoms with Crippen LogP contribution in [0.25, 0.3) is 0 Å². The van der Waals surface area contributed by atoms with Gasteiger partial charge in [-0.15, -0.1) is 0 Å². The molecule has 1 fully saturated rings. The number of nitrogens with one attached hydrogen (secondary N) is 1. The summed E-state index contributed by atoms with van der Waals surface area (Å²) in [5.41, 5.74) is 2.61. The van der Waals surface area contributed by atoms with E-state index in [1.54, 1.807) is 6.92 Å². The molecule has 0 bridgehead atoms. The van der Waals surface area contributed by atoms with Gasteiger partial charge < -0.3 is 4.98 Å². The Bertz CT molecular complexity index is 613. The standard InChI is InChI=1S/C14H23N3O3S/c1-4-21(19,20)17-7-5-16(6-8-17)10-14(18)13-9-11(2)15-12(13)3/h9,15H,4-8,10H2,1-3H3. The molecule has 0 spiro atoms. The topological polar surface area (TPSA) is 73.5 Å². The number of aromatic amines is 1. The molecule has 0 aromatic carbocycles. The number of H-pyrrole nitrogens is 1. The summed E-state index contributed by atoms with van der Waals surface area (Å²) in [4.78, 5) is 17.4. The van der Waals surface area contributed by atoms with Crippen LogP contribution in [0.1, 0.15) is 28.7 Å². The number of aryl methyl sites for hydroxylation is 2. The molecule has 0 radical (unpaired) electrons. The summed E-state index contributed by atoms with van der Waals surface area (Å²) in [6.07, 6.45) is 0. The number of rotatable bonds is 5. The van der Waals surface area contributed by atoms with E-state index in [0.717, 1.165) is 17.0 Å². The van der Waals surface area contributed by atoms with E-state index in [2.05, 4.69) is 4.98 Å². The Morgan fingerprint density at radius 2 is 1.86 bits per heavy atom. The van der Waals surface area contributed by atoms with E-state index in [-0.39, 0.29) is 11.5 Å². The molecule has 1 aromatic heterocycles. The van der Waals surface area contributed by atoms with E-state index < -0.39 is 10.0 Å². The molecule has 6 nitrogen and oxygen atoms in total. The summed E-state index contributed by atoms with van der Waals surface area (Å²) < 4.78 is 25.1. The second-order valence-corrected chi connectivity index (χ2v) is 7.75. The van der Waals surface area contributed by atoms with Crippen molar-refractivity contribution in [3.63, 3.8) is 0 Å². The monoisotopic (exact) mass is 313 g/mol. The molecule has 0 amide bonds. The molecule has 1 aromatic rings. The SMILES string of the molecule is CCS(=O)(=O)N1CCN(CC(=O)c2cc(C)[nH]c2C)CC1. The zero-order valence-corrected chi connectivity index (χ0v) is 13.7. The van der Waals surface area contributed by atoms with Gasteiger partial charge in [-0.2, -0.15) is 4.31 Å². The molecule has 1 aliphatic rings. The highest BCUT2D eigenvalue weighted by Crippen LogP contribution is 2.13. The van der Waals surface area contributed by atoms with Crippen molar-refractivity contribution in [2.45, 2.75) is 20.8 Å². The van der Waals surface area contributed by atoms with E-state index >= 15 is 0 Å². The molecule has 1 saturated heterocycles. The van der Waals surface area contributed by atoms with Crippen molar-refractivity contribution in [3.05, 3.63) is 23.0 Å². The normalized spacial score (nSPS) is 18.0. The maximum absolute atomic E-state index is 12.3. The van der Waals surface area contributed by atoms with Gasteiger partial charge in [0.05, 0.1) is 12.3 Å². The fourth-order valence-electron chi connectivity index (χ4n) is 2.65. The molecule has 7 heteroatoms. The molecule has 0 aliphatic carbocycles. The number of sulfonamides is 1. The predicted octanol–water partition coefficient (Wildman–Crippen LogP) is 0.782. The first-order valence-corrected chi connectivity index (χ1v) is 8.84. The van der Waals surface area contributed by atoms with E-state index in [0.29, 0.717) is 32.7 Å². The molecular formula is C14H23N3O3S.